The number of hydrogen-bond donors (Lipinski definition) is 0. The van der Waals surface area contributed by atoms with Gasteiger partial charge < -0.3 is 23.5 Å². The van der Waals surface area contributed by atoms with Gasteiger partial charge in [-0.15, -0.1) is 0 Å². The molecular weight excluding hydrogens is 457 g/mol. The Morgan fingerprint density at radius 2 is 1.83 bits per heavy atom. The third-order valence-electron chi connectivity index (χ3n) is 7.67. The monoisotopic (exact) mass is 486 g/mol. The van der Waals surface area contributed by atoms with E-state index in [1.807, 2.05) is 33.8 Å². The summed E-state index contributed by atoms with van der Waals surface area (Å²) in [7, 11) is 0.437. The van der Waals surface area contributed by atoms with Crippen LogP contribution in [0, 0.1) is 11.6 Å². The number of esters is 1. The summed E-state index contributed by atoms with van der Waals surface area (Å²) in [6.07, 6.45) is 0.581. The summed E-state index contributed by atoms with van der Waals surface area (Å²) < 4.78 is 58.9. The molecule has 0 saturated carbocycles. The van der Waals surface area contributed by atoms with Crippen LogP contribution in [-0.2, 0) is 25.3 Å². The molecule has 6 nitrogen and oxygen atoms in total. The van der Waals surface area contributed by atoms with Crippen LogP contribution in [-0.4, -0.2) is 38.0 Å². The van der Waals surface area contributed by atoms with Gasteiger partial charge in [0.2, 0.25) is 0 Å². The van der Waals surface area contributed by atoms with Gasteiger partial charge in [0.05, 0.1) is 31.3 Å². The second-order valence-corrected chi connectivity index (χ2v) is 10.4. The number of hydrogen-bond acceptors (Lipinski definition) is 6. The molecule has 1 unspecified atom stereocenters. The Kier molecular flexibility index (Phi) is 5.83. The molecule has 2 atom stereocenters. The van der Waals surface area contributed by atoms with Gasteiger partial charge in [-0.2, -0.15) is 0 Å². The van der Waals surface area contributed by atoms with Crippen molar-refractivity contribution < 1.29 is 37.1 Å². The Labute approximate surface area is 204 Å². The molecule has 3 aliphatic rings. The fourth-order valence-electron chi connectivity index (χ4n) is 5.02. The predicted octanol–water partition coefficient (Wildman–Crippen LogP) is 4.37. The van der Waals surface area contributed by atoms with Crippen molar-refractivity contribution >= 4 is 18.6 Å². The van der Waals surface area contributed by atoms with Crippen LogP contribution in [0.15, 0.2) is 24.3 Å². The molecule has 1 fully saturated rings. The fourth-order valence-corrected chi connectivity index (χ4v) is 5.02. The lowest BCUT2D eigenvalue weighted by molar-refractivity contribution is -0.141. The van der Waals surface area contributed by atoms with Crippen LogP contribution in [0.1, 0.15) is 69.2 Å². The Hall–Kier alpha value is -2.65. The molecule has 2 aromatic carbocycles. The van der Waals surface area contributed by atoms with Crippen molar-refractivity contribution in [2.24, 2.45) is 0 Å². The average Bonchev–Trinajstić information content (AvgIpc) is 3.42. The van der Waals surface area contributed by atoms with E-state index >= 15 is 8.78 Å². The first kappa shape index (κ1) is 24.1. The number of benzene rings is 2. The molecule has 0 aromatic heterocycles. The average molecular weight is 486 g/mol. The van der Waals surface area contributed by atoms with Gasteiger partial charge >= 0.3 is 13.1 Å². The molecule has 2 aliphatic heterocycles. The summed E-state index contributed by atoms with van der Waals surface area (Å²) in [6.45, 7) is 7.96. The third-order valence-corrected chi connectivity index (χ3v) is 7.67. The number of rotatable bonds is 5. The van der Waals surface area contributed by atoms with Crippen LogP contribution in [0.3, 0.4) is 0 Å². The Balaban J connectivity index is 1.40. The molecule has 9 heteroatoms. The van der Waals surface area contributed by atoms with E-state index in [9.17, 15) is 4.79 Å². The highest BCUT2D eigenvalue weighted by Gasteiger charge is 2.54. The summed E-state index contributed by atoms with van der Waals surface area (Å²) in [5, 5.41) is 0. The SMILES string of the molecule is COC(=O)CC1COc2cc(O[C@@H]3CCc4c(B5OC(C)(C)C(C)(C)O5)c(F)cc(F)c43)ccc21. The zero-order valence-corrected chi connectivity index (χ0v) is 20.6. The summed E-state index contributed by atoms with van der Waals surface area (Å²) in [6, 6.07) is 6.29. The quantitative estimate of drug-likeness (QED) is 0.462. The lowest BCUT2D eigenvalue weighted by Crippen LogP contribution is -2.41. The maximum atomic E-state index is 15.0. The van der Waals surface area contributed by atoms with Crippen molar-refractivity contribution in [2.75, 3.05) is 13.7 Å². The minimum atomic E-state index is -0.923. The third kappa shape index (κ3) is 4.08. The van der Waals surface area contributed by atoms with Crippen LogP contribution in [0.5, 0.6) is 11.5 Å². The maximum absolute atomic E-state index is 15.0. The molecule has 1 saturated heterocycles. The van der Waals surface area contributed by atoms with Crippen molar-refractivity contribution in [3.05, 3.63) is 52.6 Å². The highest BCUT2D eigenvalue weighted by atomic mass is 19.1. The molecule has 0 radical (unpaired) electrons. The lowest BCUT2D eigenvalue weighted by Gasteiger charge is -2.32. The van der Waals surface area contributed by atoms with E-state index in [-0.39, 0.29) is 23.8 Å². The molecule has 2 aromatic rings. The van der Waals surface area contributed by atoms with E-state index in [2.05, 4.69) is 0 Å². The van der Waals surface area contributed by atoms with Gasteiger partial charge in [-0.25, -0.2) is 8.78 Å². The molecule has 0 bridgehead atoms. The van der Waals surface area contributed by atoms with Gasteiger partial charge in [0.1, 0.15) is 29.2 Å². The molecule has 0 amide bonds. The minimum Gasteiger partial charge on any atom is -0.492 e. The normalized spacial score (nSPS) is 23.6. The van der Waals surface area contributed by atoms with Gasteiger partial charge in [-0.3, -0.25) is 4.79 Å². The lowest BCUT2D eigenvalue weighted by atomic mass is 9.74. The highest BCUT2D eigenvalue weighted by Crippen LogP contribution is 2.43. The second-order valence-electron chi connectivity index (χ2n) is 10.4. The van der Waals surface area contributed by atoms with E-state index in [1.165, 1.54) is 7.11 Å². The summed E-state index contributed by atoms with van der Waals surface area (Å²) in [4.78, 5) is 11.7. The van der Waals surface area contributed by atoms with Gasteiger partial charge in [0, 0.05) is 34.6 Å². The van der Waals surface area contributed by atoms with Crippen LogP contribution in [0.25, 0.3) is 0 Å². The number of carbonyl (C=O) groups is 1. The number of halogens is 2. The van der Waals surface area contributed by atoms with E-state index < -0.39 is 36.1 Å². The van der Waals surface area contributed by atoms with Crippen molar-refractivity contribution in [2.45, 2.75) is 70.2 Å². The number of methoxy groups -OCH3 is 1. The molecule has 5 rings (SSSR count). The standard InChI is InChI=1S/C26H29BF2O6/c1-25(2)26(3,4)35-27(34-25)24-17-8-9-20(23(17)18(28)12-19(24)29)33-15-6-7-16-14(10-22(30)31-5)13-32-21(16)11-15/h6-7,11-12,14,20H,8-10,13H2,1-5H3/t14?,20-/m1/s1. The molecule has 0 N–H and O–H groups in total. The Morgan fingerprint density at radius 3 is 2.51 bits per heavy atom. The van der Waals surface area contributed by atoms with Gasteiger partial charge in [-0.05, 0) is 52.2 Å². The molecule has 186 valence electrons. The zero-order valence-electron chi connectivity index (χ0n) is 20.6. The van der Waals surface area contributed by atoms with E-state index in [0.29, 0.717) is 42.1 Å². The molecule has 1 aliphatic carbocycles. The van der Waals surface area contributed by atoms with Crippen LogP contribution in [0.4, 0.5) is 8.78 Å². The largest absolute Gasteiger partial charge is 0.498 e. The fraction of sp³-hybridized carbons (Fsp3) is 0.500. The summed E-state index contributed by atoms with van der Waals surface area (Å²) in [5.74, 6) is -0.552. The minimum absolute atomic E-state index is 0.0819. The summed E-state index contributed by atoms with van der Waals surface area (Å²) in [5.41, 5.74) is 0.745. The van der Waals surface area contributed by atoms with Crippen LogP contribution in [0.2, 0.25) is 0 Å². The smallest absolute Gasteiger partial charge is 0.492 e. The van der Waals surface area contributed by atoms with Gasteiger partial charge in [-0.1, -0.05) is 6.07 Å². The van der Waals surface area contributed by atoms with Gasteiger partial charge in [0.15, 0.2) is 0 Å². The van der Waals surface area contributed by atoms with Crippen molar-refractivity contribution in [1.29, 1.82) is 0 Å². The number of carbonyl (C=O) groups excluding carboxylic acids is 1. The zero-order chi connectivity index (χ0) is 25.1. The Morgan fingerprint density at radius 1 is 1.11 bits per heavy atom. The first-order chi connectivity index (χ1) is 16.5. The van der Waals surface area contributed by atoms with Crippen molar-refractivity contribution in [3.63, 3.8) is 0 Å². The second kappa shape index (κ2) is 8.48. The van der Waals surface area contributed by atoms with Crippen molar-refractivity contribution in [3.8, 4) is 11.5 Å². The predicted molar refractivity (Wildman–Crippen MR) is 125 cm³/mol. The first-order valence-corrected chi connectivity index (χ1v) is 11.9. The Bertz CT molecular complexity index is 1160. The molecular formula is C26H29BF2O6. The molecule has 35 heavy (non-hydrogen) atoms. The first-order valence-electron chi connectivity index (χ1n) is 11.9. The van der Waals surface area contributed by atoms with E-state index in [0.717, 1.165) is 11.6 Å². The molecule has 0 spiro atoms. The van der Waals surface area contributed by atoms with Crippen LogP contribution >= 0.6 is 0 Å². The van der Waals surface area contributed by atoms with E-state index in [1.54, 1.807) is 12.1 Å². The van der Waals surface area contributed by atoms with Gasteiger partial charge in [0.25, 0.3) is 0 Å². The maximum Gasteiger partial charge on any atom is 0.498 e. The number of ether oxygens (including phenoxy) is 3. The summed E-state index contributed by atoms with van der Waals surface area (Å²) >= 11 is 0. The van der Waals surface area contributed by atoms with E-state index in [4.69, 9.17) is 23.5 Å². The highest BCUT2D eigenvalue weighted by molar-refractivity contribution is 6.62. The van der Waals surface area contributed by atoms with Crippen molar-refractivity contribution in [1.82, 2.24) is 0 Å². The molecule has 2 heterocycles. The van der Waals surface area contributed by atoms with Crippen LogP contribution < -0.4 is 14.9 Å². The topological polar surface area (TPSA) is 63.2 Å². The number of fused-ring (bicyclic) bond motifs is 2.